The van der Waals surface area contributed by atoms with Crippen LogP contribution in [0.3, 0.4) is 0 Å². The molecule has 2 N–H and O–H groups in total. The van der Waals surface area contributed by atoms with Crippen molar-refractivity contribution in [1.82, 2.24) is 19.8 Å². The van der Waals surface area contributed by atoms with Gasteiger partial charge < -0.3 is 24.6 Å². The fourth-order valence-corrected chi connectivity index (χ4v) is 4.91. The molecule has 0 atom stereocenters. The smallest absolute Gasteiger partial charge is 0.263 e. The Balaban J connectivity index is 1.65. The van der Waals surface area contributed by atoms with Crippen molar-refractivity contribution >= 4 is 17.5 Å². The van der Waals surface area contributed by atoms with Gasteiger partial charge in [0.15, 0.2) is 0 Å². The maximum atomic E-state index is 13.6. The molecule has 1 aromatic carbocycles. The number of nitrogens with zero attached hydrogens (tertiary/aromatic N) is 4. The summed E-state index contributed by atoms with van der Waals surface area (Å²) in [7, 11) is 3.05. The molecule has 0 saturated carbocycles. The van der Waals surface area contributed by atoms with Gasteiger partial charge in [0.25, 0.3) is 5.91 Å². The summed E-state index contributed by atoms with van der Waals surface area (Å²) in [4.78, 5) is 26.2. The number of unbranched alkanes of at least 4 members (excludes halogenated alkanes) is 1. The molecule has 38 heavy (non-hydrogen) atoms. The van der Waals surface area contributed by atoms with Gasteiger partial charge in [-0.25, -0.2) is 9.97 Å². The molecule has 0 unspecified atom stereocenters. The third kappa shape index (κ3) is 5.79. The number of amides is 1. The van der Waals surface area contributed by atoms with Crippen LogP contribution in [0.4, 0.5) is 0 Å². The number of aryl methyl sites for hydroxylation is 1. The molecule has 1 amide bonds. The van der Waals surface area contributed by atoms with Gasteiger partial charge in [-0.05, 0) is 37.1 Å². The number of methoxy groups -OCH3 is 2. The van der Waals surface area contributed by atoms with Gasteiger partial charge in [-0.15, -0.1) is 0 Å². The number of hydrogen-bond donors (Lipinski definition) is 2. The van der Waals surface area contributed by atoms with Crippen LogP contribution in [-0.4, -0.2) is 76.3 Å². The van der Waals surface area contributed by atoms with E-state index in [4.69, 9.17) is 21.1 Å². The molecule has 9 nitrogen and oxygen atoms in total. The second-order valence-electron chi connectivity index (χ2n) is 9.14. The summed E-state index contributed by atoms with van der Waals surface area (Å²) < 4.78 is 11.2. The SMILES string of the molecule is CCCCc1nc(O)c(C(=O)N2CCN(Cc3cccc(Cl)n3)CC2)c(O)c1-c1c(OC)cccc1OC. The Morgan fingerprint density at radius 1 is 0.974 bits per heavy atom. The highest BCUT2D eigenvalue weighted by molar-refractivity contribution is 6.29. The summed E-state index contributed by atoms with van der Waals surface area (Å²) in [5.41, 5.74) is 1.93. The number of rotatable bonds is 9. The first-order chi connectivity index (χ1) is 18.4. The van der Waals surface area contributed by atoms with Crippen molar-refractivity contribution in [2.45, 2.75) is 32.7 Å². The number of aromatic nitrogens is 2. The van der Waals surface area contributed by atoms with E-state index in [1.807, 2.05) is 19.1 Å². The summed E-state index contributed by atoms with van der Waals surface area (Å²) in [5, 5.41) is 22.8. The van der Waals surface area contributed by atoms with E-state index in [1.165, 1.54) is 14.2 Å². The third-order valence-electron chi connectivity index (χ3n) is 6.70. The number of hydrogen-bond acceptors (Lipinski definition) is 8. The normalized spacial score (nSPS) is 13.9. The molecule has 1 saturated heterocycles. The highest BCUT2D eigenvalue weighted by Gasteiger charge is 2.32. The van der Waals surface area contributed by atoms with Crippen LogP contribution in [0.25, 0.3) is 11.1 Å². The van der Waals surface area contributed by atoms with Crippen LogP contribution >= 0.6 is 11.6 Å². The zero-order valence-corrected chi connectivity index (χ0v) is 22.7. The molecule has 3 aromatic rings. The minimum absolute atomic E-state index is 0.224. The Labute approximate surface area is 227 Å². The van der Waals surface area contributed by atoms with Crippen molar-refractivity contribution < 1.29 is 24.5 Å². The first-order valence-electron chi connectivity index (χ1n) is 12.7. The number of benzene rings is 1. The monoisotopic (exact) mass is 540 g/mol. The lowest BCUT2D eigenvalue weighted by Gasteiger charge is -2.34. The Morgan fingerprint density at radius 3 is 2.24 bits per heavy atom. The largest absolute Gasteiger partial charge is 0.506 e. The minimum Gasteiger partial charge on any atom is -0.506 e. The van der Waals surface area contributed by atoms with Crippen molar-refractivity contribution in [3.05, 3.63) is 58.5 Å². The molecule has 202 valence electrons. The van der Waals surface area contributed by atoms with Crippen LogP contribution in [0.15, 0.2) is 36.4 Å². The van der Waals surface area contributed by atoms with Gasteiger partial charge in [-0.2, -0.15) is 0 Å². The zero-order valence-electron chi connectivity index (χ0n) is 21.9. The maximum Gasteiger partial charge on any atom is 0.263 e. The highest BCUT2D eigenvalue weighted by Crippen LogP contribution is 2.47. The minimum atomic E-state index is -0.484. The van der Waals surface area contributed by atoms with E-state index in [-0.39, 0.29) is 11.3 Å². The molecule has 1 aliphatic heterocycles. The topological polar surface area (TPSA) is 108 Å². The summed E-state index contributed by atoms with van der Waals surface area (Å²) in [5.74, 6) is -0.369. The number of pyridine rings is 2. The zero-order chi connectivity index (χ0) is 27.2. The lowest BCUT2D eigenvalue weighted by Crippen LogP contribution is -2.48. The molecule has 0 bridgehead atoms. The van der Waals surface area contributed by atoms with Gasteiger partial charge in [-0.3, -0.25) is 9.69 Å². The molecule has 2 aromatic heterocycles. The molecule has 1 fully saturated rings. The van der Waals surface area contributed by atoms with Crippen molar-refractivity contribution in [3.63, 3.8) is 0 Å². The molecule has 4 rings (SSSR count). The molecule has 0 aliphatic carbocycles. The summed E-state index contributed by atoms with van der Waals surface area (Å²) in [6, 6.07) is 10.8. The first kappa shape index (κ1) is 27.5. The second kappa shape index (κ2) is 12.3. The van der Waals surface area contributed by atoms with E-state index in [0.29, 0.717) is 72.6 Å². The first-order valence-corrected chi connectivity index (χ1v) is 13.0. The van der Waals surface area contributed by atoms with Crippen LogP contribution in [0.2, 0.25) is 5.15 Å². The van der Waals surface area contributed by atoms with Gasteiger partial charge >= 0.3 is 0 Å². The average Bonchev–Trinajstić information content (AvgIpc) is 2.91. The van der Waals surface area contributed by atoms with Crippen LogP contribution in [0, 0.1) is 0 Å². The Kier molecular flexibility index (Phi) is 8.91. The average molecular weight is 541 g/mol. The third-order valence-corrected chi connectivity index (χ3v) is 6.91. The second-order valence-corrected chi connectivity index (χ2v) is 9.53. The number of carbonyl (C=O) groups excluding carboxylic acids is 1. The number of carbonyl (C=O) groups is 1. The maximum absolute atomic E-state index is 13.6. The molecular formula is C28H33ClN4O5. The Hall–Kier alpha value is -3.56. The van der Waals surface area contributed by atoms with E-state index in [0.717, 1.165) is 18.5 Å². The van der Waals surface area contributed by atoms with Crippen LogP contribution in [0.5, 0.6) is 23.1 Å². The lowest BCUT2D eigenvalue weighted by atomic mass is 9.95. The van der Waals surface area contributed by atoms with Gasteiger partial charge in [-0.1, -0.05) is 37.1 Å². The van der Waals surface area contributed by atoms with E-state index in [2.05, 4.69) is 14.9 Å². The van der Waals surface area contributed by atoms with E-state index < -0.39 is 11.8 Å². The van der Waals surface area contributed by atoms with Crippen molar-refractivity contribution in [2.75, 3.05) is 40.4 Å². The van der Waals surface area contributed by atoms with Crippen LogP contribution in [0.1, 0.15) is 41.5 Å². The van der Waals surface area contributed by atoms with E-state index >= 15 is 0 Å². The number of ether oxygens (including phenoxy) is 2. The Bertz CT molecular complexity index is 1270. The van der Waals surface area contributed by atoms with Gasteiger partial charge in [0.05, 0.1) is 36.7 Å². The molecule has 1 aliphatic rings. The fraction of sp³-hybridized carbons (Fsp3) is 0.393. The molecule has 0 radical (unpaired) electrons. The molecular weight excluding hydrogens is 508 g/mol. The summed E-state index contributed by atoms with van der Waals surface area (Å²) in [6.07, 6.45) is 2.17. The van der Waals surface area contributed by atoms with Gasteiger partial charge in [0.2, 0.25) is 5.88 Å². The number of piperazine rings is 1. The van der Waals surface area contributed by atoms with Crippen LogP contribution in [-0.2, 0) is 13.0 Å². The molecule has 0 spiro atoms. The number of halogens is 1. The van der Waals surface area contributed by atoms with Gasteiger partial charge in [0.1, 0.15) is 28.0 Å². The highest BCUT2D eigenvalue weighted by atomic mass is 35.5. The molecule has 3 heterocycles. The standard InChI is InChI=1S/C28H33ClN4O5/c1-4-5-9-19-23(24-20(37-2)10-7-11-21(24)38-3)26(34)25(27(35)31-19)28(36)33-15-13-32(14-16-33)17-18-8-6-12-22(29)30-18/h6-8,10-12H,4-5,9,13-17H2,1-3H3,(H2,31,34,35). The Morgan fingerprint density at radius 2 is 1.63 bits per heavy atom. The predicted molar refractivity (Wildman–Crippen MR) is 145 cm³/mol. The fourth-order valence-electron chi connectivity index (χ4n) is 4.72. The van der Waals surface area contributed by atoms with Crippen LogP contribution < -0.4 is 9.47 Å². The predicted octanol–water partition coefficient (Wildman–Crippen LogP) is 4.53. The lowest BCUT2D eigenvalue weighted by molar-refractivity contribution is 0.0620. The van der Waals surface area contributed by atoms with Gasteiger partial charge in [0, 0.05) is 32.7 Å². The molecule has 10 heteroatoms. The summed E-state index contributed by atoms with van der Waals surface area (Å²) in [6.45, 7) is 4.72. The quantitative estimate of drug-likeness (QED) is 0.381. The van der Waals surface area contributed by atoms with Crippen molar-refractivity contribution in [2.24, 2.45) is 0 Å². The van der Waals surface area contributed by atoms with E-state index in [9.17, 15) is 15.0 Å². The number of aromatic hydroxyl groups is 2. The summed E-state index contributed by atoms with van der Waals surface area (Å²) >= 11 is 6.01. The van der Waals surface area contributed by atoms with Crippen molar-refractivity contribution in [3.8, 4) is 34.3 Å². The van der Waals surface area contributed by atoms with E-state index in [1.54, 1.807) is 29.2 Å². The van der Waals surface area contributed by atoms with Crippen molar-refractivity contribution in [1.29, 1.82) is 0 Å².